The second kappa shape index (κ2) is 5.61. The quantitative estimate of drug-likeness (QED) is 0.829. The van der Waals surface area contributed by atoms with Gasteiger partial charge in [0, 0.05) is 6.04 Å². The molecule has 0 bridgehead atoms. The van der Waals surface area contributed by atoms with E-state index in [4.69, 9.17) is 0 Å². The van der Waals surface area contributed by atoms with Crippen LogP contribution in [0, 0.1) is 12.7 Å². The Bertz CT molecular complexity index is 372. The first-order valence-electron chi connectivity index (χ1n) is 6.36. The van der Waals surface area contributed by atoms with Crippen molar-refractivity contribution in [1.29, 1.82) is 0 Å². The van der Waals surface area contributed by atoms with Gasteiger partial charge in [0.1, 0.15) is 5.82 Å². The Balaban J connectivity index is 2.11. The van der Waals surface area contributed by atoms with Crippen LogP contribution in [0.5, 0.6) is 0 Å². The van der Waals surface area contributed by atoms with Gasteiger partial charge < -0.3 is 10.4 Å². The van der Waals surface area contributed by atoms with E-state index in [-0.39, 0.29) is 11.9 Å². The fraction of sp³-hybridized carbons (Fsp3) is 0.571. The number of aliphatic hydroxyl groups excluding tert-OH is 1. The number of aliphatic hydroxyl groups is 1. The third-order valence-electron chi connectivity index (χ3n) is 3.50. The lowest BCUT2D eigenvalue weighted by molar-refractivity contribution is 0.126. The highest BCUT2D eigenvalue weighted by Crippen LogP contribution is 2.24. The van der Waals surface area contributed by atoms with E-state index in [0.29, 0.717) is 5.56 Å². The second-order valence-corrected chi connectivity index (χ2v) is 4.86. The van der Waals surface area contributed by atoms with Crippen LogP contribution in [0.4, 0.5) is 4.39 Å². The Kier molecular flexibility index (Phi) is 4.13. The van der Waals surface area contributed by atoms with Crippen LogP contribution in [0.15, 0.2) is 18.2 Å². The monoisotopic (exact) mass is 237 g/mol. The van der Waals surface area contributed by atoms with E-state index >= 15 is 0 Å². The molecule has 0 aliphatic carbocycles. The molecule has 2 N–H and O–H groups in total. The SMILES string of the molecule is Cc1cc(C(O)C2CCCCCN2)ccc1F. The molecule has 1 aromatic carbocycles. The lowest BCUT2D eigenvalue weighted by Crippen LogP contribution is -2.34. The Morgan fingerprint density at radius 2 is 2.18 bits per heavy atom. The molecule has 0 spiro atoms. The molecule has 2 nitrogen and oxygen atoms in total. The van der Waals surface area contributed by atoms with Gasteiger partial charge in [-0.25, -0.2) is 4.39 Å². The zero-order valence-electron chi connectivity index (χ0n) is 10.2. The molecule has 2 atom stereocenters. The molecule has 1 aromatic rings. The maximum Gasteiger partial charge on any atom is 0.126 e. The number of benzene rings is 1. The second-order valence-electron chi connectivity index (χ2n) is 4.86. The van der Waals surface area contributed by atoms with E-state index in [1.165, 1.54) is 18.9 Å². The minimum Gasteiger partial charge on any atom is -0.387 e. The maximum atomic E-state index is 13.2. The van der Waals surface area contributed by atoms with E-state index in [0.717, 1.165) is 24.9 Å². The molecule has 0 saturated carbocycles. The van der Waals surface area contributed by atoms with Crippen molar-refractivity contribution in [1.82, 2.24) is 5.32 Å². The van der Waals surface area contributed by atoms with Crippen LogP contribution < -0.4 is 5.32 Å². The minimum absolute atomic E-state index is 0.0994. The number of nitrogens with one attached hydrogen (secondary N) is 1. The summed E-state index contributed by atoms with van der Waals surface area (Å²) in [7, 11) is 0. The predicted octanol–water partition coefficient (Wildman–Crippen LogP) is 2.70. The smallest absolute Gasteiger partial charge is 0.126 e. The van der Waals surface area contributed by atoms with Gasteiger partial charge in [-0.1, -0.05) is 25.0 Å². The van der Waals surface area contributed by atoms with Crippen molar-refractivity contribution in [2.45, 2.75) is 44.8 Å². The highest BCUT2D eigenvalue weighted by molar-refractivity contribution is 5.26. The molecule has 17 heavy (non-hydrogen) atoms. The van der Waals surface area contributed by atoms with Crippen LogP contribution in [-0.4, -0.2) is 17.7 Å². The fourth-order valence-electron chi connectivity index (χ4n) is 2.41. The van der Waals surface area contributed by atoms with Crippen molar-refractivity contribution in [2.75, 3.05) is 6.54 Å². The first-order chi connectivity index (χ1) is 8.18. The lowest BCUT2D eigenvalue weighted by Gasteiger charge is -2.23. The van der Waals surface area contributed by atoms with Crippen molar-refractivity contribution < 1.29 is 9.50 Å². The van der Waals surface area contributed by atoms with E-state index in [9.17, 15) is 9.50 Å². The van der Waals surface area contributed by atoms with Gasteiger partial charge in [-0.3, -0.25) is 0 Å². The maximum absolute atomic E-state index is 13.2. The lowest BCUT2D eigenvalue weighted by atomic mass is 9.97. The summed E-state index contributed by atoms with van der Waals surface area (Å²) in [6, 6.07) is 4.96. The Hall–Kier alpha value is -0.930. The van der Waals surface area contributed by atoms with Gasteiger partial charge in [-0.2, -0.15) is 0 Å². The molecule has 0 aromatic heterocycles. The summed E-state index contributed by atoms with van der Waals surface area (Å²) >= 11 is 0. The standard InChI is InChI=1S/C14H20FNO/c1-10-9-11(6-7-12(10)15)14(17)13-5-3-2-4-8-16-13/h6-7,9,13-14,16-17H,2-5,8H2,1H3. The molecular formula is C14H20FNO. The fourth-order valence-corrected chi connectivity index (χ4v) is 2.41. The highest BCUT2D eigenvalue weighted by Gasteiger charge is 2.21. The number of aryl methyl sites for hydroxylation is 1. The van der Waals surface area contributed by atoms with Crippen LogP contribution >= 0.6 is 0 Å². The highest BCUT2D eigenvalue weighted by atomic mass is 19.1. The summed E-state index contributed by atoms with van der Waals surface area (Å²) in [4.78, 5) is 0. The van der Waals surface area contributed by atoms with Crippen LogP contribution in [0.2, 0.25) is 0 Å². The van der Waals surface area contributed by atoms with E-state index in [1.807, 2.05) is 0 Å². The number of hydrogen-bond acceptors (Lipinski definition) is 2. The average Bonchev–Trinajstić information content (AvgIpc) is 2.60. The molecular weight excluding hydrogens is 217 g/mol. The summed E-state index contributed by atoms with van der Waals surface area (Å²) in [6.07, 6.45) is 3.99. The summed E-state index contributed by atoms with van der Waals surface area (Å²) in [5.41, 5.74) is 1.40. The number of hydrogen-bond donors (Lipinski definition) is 2. The molecule has 0 radical (unpaired) electrons. The average molecular weight is 237 g/mol. The van der Waals surface area contributed by atoms with Gasteiger partial charge in [-0.05, 0) is 43.5 Å². The molecule has 1 heterocycles. The zero-order valence-corrected chi connectivity index (χ0v) is 10.2. The van der Waals surface area contributed by atoms with Crippen LogP contribution in [0.25, 0.3) is 0 Å². The van der Waals surface area contributed by atoms with Gasteiger partial charge in [0.2, 0.25) is 0 Å². The van der Waals surface area contributed by atoms with Crippen LogP contribution in [-0.2, 0) is 0 Å². The van der Waals surface area contributed by atoms with Crippen molar-refractivity contribution in [3.63, 3.8) is 0 Å². The van der Waals surface area contributed by atoms with E-state index < -0.39 is 6.10 Å². The molecule has 2 unspecified atom stereocenters. The summed E-state index contributed by atoms with van der Waals surface area (Å²) in [5.74, 6) is -0.213. The molecule has 0 amide bonds. The third-order valence-corrected chi connectivity index (χ3v) is 3.50. The number of rotatable bonds is 2. The topological polar surface area (TPSA) is 32.3 Å². The van der Waals surface area contributed by atoms with Gasteiger partial charge in [0.25, 0.3) is 0 Å². The largest absolute Gasteiger partial charge is 0.387 e. The number of halogens is 1. The van der Waals surface area contributed by atoms with Crippen LogP contribution in [0.3, 0.4) is 0 Å². The predicted molar refractivity (Wildman–Crippen MR) is 66.4 cm³/mol. The Morgan fingerprint density at radius 3 is 2.94 bits per heavy atom. The molecule has 1 saturated heterocycles. The molecule has 94 valence electrons. The minimum atomic E-state index is -0.535. The van der Waals surface area contributed by atoms with Crippen LogP contribution in [0.1, 0.15) is 42.9 Å². The molecule has 3 heteroatoms. The van der Waals surface area contributed by atoms with Gasteiger partial charge >= 0.3 is 0 Å². The molecule has 2 rings (SSSR count). The van der Waals surface area contributed by atoms with Crippen molar-refractivity contribution in [3.8, 4) is 0 Å². The summed E-state index contributed by atoms with van der Waals surface area (Å²) < 4.78 is 13.2. The summed E-state index contributed by atoms with van der Waals surface area (Å²) in [6.45, 7) is 2.69. The Labute approximate surface area is 102 Å². The summed E-state index contributed by atoms with van der Waals surface area (Å²) in [5, 5.41) is 13.7. The first-order valence-corrected chi connectivity index (χ1v) is 6.36. The van der Waals surface area contributed by atoms with Crippen molar-refractivity contribution >= 4 is 0 Å². The van der Waals surface area contributed by atoms with Gasteiger partial charge in [-0.15, -0.1) is 0 Å². The van der Waals surface area contributed by atoms with Crippen molar-refractivity contribution in [3.05, 3.63) is 35.1 Å². The molecule has 1 fully saturated rings. The van der Waals surface area contributed by atoms with E-state index in [2.05, 4.69) is 5.32 Å². The third kappa shape index (κ3) is 3.05. The molecule has 1 aliphatic heterocycles. The first kappa shape index (κ1) is 12.5. The van der Waals surface area contributed by atoms with Crippen molar-refractivity contribution in [2.24, 2.45) is 0 Å². The van der Waals surface area contributed by atoms with Gasteiger partial charge in [0.05, 0.1) is 6.10 Å². The molecule has 1 aliphatic rings. The van der Waals surface area contributed by atoms with E-state index in [1.54, 1.807) is 19.1 Å². The zero-order chi connectivity index (χ0) is 12.3. The van der Waals surface area contributed by atoms with Gasteiger partial charge in [0.15, 0.2) is 0 Å². The normalized spacial score (nSPS) is 23.1. The Morgan fingerprint density at radius 1 is 1.35 bits per heavy atom.